The van der Waals surface area contributed by atoms with Gasteiger partial charge in [0.2, 0.25) is 9.60 Å². The number of halogens is 2. The smallest absolute Gasteiger partial charge is 0.272 e. The number of carbonyl (C=O) groups is 2. The van der Waals surface area contributed by atoms with E-state index in [4.69, 9.17) is 0 Å². The molecule has 0 saturated carbocycles. The second kappa shape index (κ2) is 16.8. The number of carbonyl (C=O) groups excluding carboxylic acids is 2. The highest BCUT2D eigenvalue weighted by atomic mass is 79.9. The van der Waals surface area contributed by atoms with E-state index in [1.54, 1.807) is 51.8 Å². The van der Waals surface area contributed by atoms with E-state index in [1.807, 2.05) is 77.5 Å². The van der Waals surface area contributed by atoms with Crippen LogP contribution < -0.4 is 25.8 Å². The van der Waals surface area contributed by atoms with Crippen LogP contribution in [0.1, 0.15) is 20.7 Å². The van der Waals surface area contributed by atoms with Crippen molar-refractivity contribution in [3.8, 4) is 22.5 Å². The number of rotatable bonds is 12. The number of hydrogen-bond acceptors (Lipinski definition) is 7. The number of aromatic nitrogens is 2. The van der Waals surface area contributed by atoms with Crippen LogP contribution in [-0.2, 0) is 0 Å². The quantitative estimate of drug-likeness (QED) is 0.107. The minimum Gasteiger partial charge on any atom is -0.355 e. The molecular weight excluding hydrogens is 810 g/mol. The van der Waals surface area contributed by atoms with Crippen molar-refractivity contribution in [2.24, 2.45) is 9.98 Å². The molecule has 6 aromatic rings. The minimum absolute atomic E-state index is 0.301. The molecule has 0 spiro atoms. The molecule has 0 aliphatic carbocycles. The first-order valence-corrected chi connectivity index (χ1v) is 18.9. The summed E-state index contributed by atoms with van der Waals surface area (Å²) in [6.07, 6.45) is 3.41. The predicted molar refractivity (Wildman–Crippen MR) is 216 cm³/mol. The predicted octanol–water partition coefficient (Wildman–Crippen LogP) is 8.96. The lowest BCUT2D eigenvalue weighted by molar-refractivity contribution is 0.1000. The monoisotopic (exact) mass is 839 g/mol. The average Bonchev–Trinajstić information content (AvgIpc) is 3.74. The topological polar surface area (TPSA) is 105 Å². The van der Waals surface area contributed by atoms with E-state index < -0.39 is 0 Å². The first-order valence-electron chi connectivity index (χ1n) is 15.6. The van der Waals surface area contributed by atoms with E-state index in [9.17, 15) is 9.59 Å². The Morgan fingerprint density at radius 1 is 0.667 bits per heavy atom. The summed E-state index contributed by atoms with van der Waals surface area (Å²) in [5.74, 6) is -0.622. The fourth-order valence-electron chi connectivity index (χ4n) is 4.97. The average molecular weight is 842 g/mol. The minimum atomic E-state index is -0.321. The molecule has 3 N–H and O–H groups in total. The SMILES string of the molecule is C=CCN=c1scc(-c2ccc(Br)cc2)n1NC(=O)c1ccc(Nc2ccccc2C(=O)Nn2c(-c3ccc(Br)cc3)csc2=NCC=C)cc1. The number of anilines is 2. The number of hydrogen-bond donors (Lipinski definition) is 3. The lowest BCUT2D eigenvalue weighted by Gasteiger charge is -2.15. The number of amides is 2. The second-order valence-corrected chi connectivity index (χ2v) is 14.4. The number of para-hydroxylation sites is 1. The third-order valence-corrected chi connectivity index (χ3v) is 10.2. The van der Waals surface area contributed by atoms with Crippen LogP contribution in [0.3, 0.4) is 0 Å². The van der Waals surface area contributed by atoms with Gasteiger partial charge in [-0.15, -0.1) is 35.8 Å². The van der Waals surface area contributed by atoms with Gasteiger partial charge in [-0.1, -0.05) is 80.4 Å². The summed E-state index contributed by atoms with van der Waals surface area (Å²) in [6, 6.07) is 30.0. The van der Waals surface area contributed by atoms with E-state index in [2.05, 4.69) is 71.2 Å². The Morgan fingerprint density at radius 3 is 1.67 bits per heavy atom. The fraction of sp³-hybridized carbons (Fsp3) is 0.0526. The summed E-state index contributed by atoms with van der Waals surface area (Å²) in [7, 11) is 0. The molecule has 9 nitrogen and oxygen atoms in total. The molecule has 2 heterocycles. The maximum atomic E-state index is 13.8. The first kappa shape index (κ1) is 35.7. The number of nitrogens with zero attached hydrogens (tertiary/aromatic N) is 4. The zero-order chi connectivity index (χ0) is 35.7. The van der Waals surface area contributed by atoms with Crippen molar-refractivity contribution in [1.29, 1.82) is 0 Å². The molecule has 2 amide bonds. The Labute approximate surface area is 319 Å². The molecule has 0 fully saturated rings. The third-order valence-electron chi connectivity index (χ3n) is 7.43. The standard InChI is InChI=1S/C38H31Br2N7O2S2/c1-3-21-41-37-46(33(23-50-37)25-9-15-28(39)16-10-25)44-35(48)27-13-19-30(20-14-27)43-32-8-6-5-7-31(32)36(49)45-47-34(24-51-38(47)42-22-4-2)26-11-17-29(40)18-12-26/h3-20,23-24,43H,1-2,21-22H2,(H,44,48)(H,45,49). The van der Waals surface area contributed by atoms with Crippen molar-refractivity contribution in [2.45, 2.75) is 0 Å². The zero-order valence-electron chi connectivity index (χ0n) is 27.1. The zero-order valence-corrected chi connectivity index (χ0v) is 31.9. The van der Waals surface area contributed by atoms with Gasteiger partial charge < -0.3 is 5.32 Å². The molecule has 4 aromatic carbocycles. The van der Waals surface area contributed by atoms with Gasteiger partial charge in [0.05, 0.1) is 35.7 Å². The van der Waals surface area contributed by atoms with E-state index >= 15 is 0 Å². The van der Waals surface area contributed by atoms with Crippen molar-refractivity contribution < 1.29 is 9.59 Å². The van der Waals surface area contributed by atoms with Crippen LogP contribution in [0.2, 0.25) is 0 Å². The fourth-order valence-corrected chi connectivity index (χ4v) is 7.21. The molecule has 2 aromatic heterocycles. The van der Waals surface area contributed by atoms with Crippen LogP contribution in [0.15, 0.2) is 152 Å². The van der Waals surface area contributed by atoms with Gasteiger partial charge in [0.15, 0.2) is 0 Å². The van der Waals surface area contributed by atoms with Crippen LogP contribution in [-0.4, -0.2) is 34.3 Å². The van der Waals surface area contributed by atoms with Crippen LogP contribution >= 0.6 is 54.5 Å². The van der Waals surface area contributed by atoms with Crippen LogP contribution in [0.5, 0.6) is 0 Å². The van der Waals surface area contributed by atoms with Gasteiger partial charge in [-0.05, 0) is 60.7 Å². The van der Waals surface area contributed by atoms with E-state index in [0.717, 1.165) is 31.5 Å². The summed E-state index contributed by atoms with van der Waals surface area (Å²) >= 11 is 9.83. The van der Waals surface area contributed by atoms with E-state index in [-0.39, 0.29) is 11.8 Å². The number of nitrogens with one attached hydrogen (secondary N) is 3. The number of benzene rings is 4. The maximum Gasteiger partial charge on any atom is 0.272 e. The van der Waals surface area contributed by atoms with Crippen molar-refractivity contribution in [2.75, 3.05) is 29.3 Å². The molecule has 0 bridgehead atoms. The van der Waals surface area contributed by atoms with Gasteiger partial charge in [-0.3, -0.25) is 30.4 Å². The largest absolute Gasteiger partial charge is 0.355 e. The summed E-state index contributed by atoms with van der Waals surface area (Å²) in [6.45, 7) is 8.36. The third kappa shape index (κ3) is 8.63. The maximum absolute atomic E-state index is 13.8. The lowest BCUT2D eigenvalue weighted by Crippen LogP contribution is -2.31. The number of thiazole rings is 2. The second-order valence-electron chi connectivity index (χ2n) is 10.9. The molecule has 13 heteroatoms. The van der Waals surface area contributed by atoms with Crippen molar-refractivity contribution >= 4 is 77.7 Å². The molecule has 0 aliphatic heterocycles. The molecule has 6 rings (SSSR count). The molecular formula is C38H31Br2N7O2S2. The Balaban J connectivity index is 1.22. The van der Waals surface area contributed by atoms with Crippen LogP contribution in [0, 0.1) is 0 Å². The Hall–Kier alpha value is -5.08. The highest BCUT2D eigenvalue weighted by Crippen LogP contribution is 2.25. The van der Waals surface area contributed by atoms with Crippen molar-refractivity contribution in [1.82, 2.24) is 9.35 Å². The van der Waals surface area contributed by atoms with Gasteiger partial charge in [-0.2, -0.15) is 0 Å². The van der Waals surface area contributed by atoms with Gasteiger partial charge in [0, 0.05) is 42.1 Å². The van der Waals surface area contributed by atoms with Crippen molar-refractivity contribution in [3.05, 3.63) is 163 Å². The molecule has 0 saturated heterocycles. The van der Waals surface area contributed by atoms with Gasteiger partial charge >= 0.3 is 0 Å². The first-order chi connectivity index (χ1) is 24.8. The molecule has 0 aliphatic rings. The normalized spacial score (nSPS) is 11.6. The van der Waals surface area contributed by atoms with E-state index in [0.29, 0.717) is 45.2 Å². The molecule has 0 atom stereocenters. The Kier molecular flexibility index (Phi) is 11.7. The lowest BCUT2D eigenvalue weighted by atomic mass is 10.1. The highest BCUT2D eigenvalue weighted by Gasteiger charge is 2.17. The summed E-state index contributed by atoms with van der Waals surface area (Å²) in [5, 5.41) is 7.26. The Morgan fingerprint density at radius 2 is 1.16 bits per heavy atom. The van der Waals surface area contributed by atoms with Crippen LogP contribution in [0.4, 0.5) is 11.4 Å². The summed E-state index contributed by atoms with van der Waals surface area (Å²) < 4.78 is 5.32. The van der Waals surface area contributed by atoms with Crippen molar-refractivity contribution in [3.63, 3.8) is 0 Å². The molecule has 256 valence electrons. The molecule has 0 unspecified atom stereocenters. The van der Waals surface area contributed by atoms with E-state index in [1.165, 1.54) is 22.7 Å². The highest BCUT2D eigenvalue weighted by molar-refractivity contribution is 9.10. The van der Waals surface area contributed by atoms with Gasteiger partial charge in [-0.25, -0.2) is 9.35 Å². The molecule has 51 heavy (non-hydrogen) atoms. The summed E-state index contributed by atoms with van der Waals surface area (Å²) in [5.41, 5.74) is 11.7. The van der Waals surface area contributed by atoms with Crippen LogP contribution in [0.25, 0.3) is 22.5 Å². The van der Waals surface area contributed by atoms with Gasteiger partial charge in [0.1, 0.15) is 0 Å². The molecule has 0 radical (unpaired) electrons. The Bertz CT molecular complexity index is 2340. The summed E-state index contributed by atoms with van der Waals surface area (Å²) in [4.78, 5) is 37.7. The van der Waals surface area contributed by atoms with Gasteiger partial charge in [0.25, 0.3) is 11.8 Å².